The van der Waals surface area contributed by atoms with Gasteiger partial charge in [0.05, 0.1) is 14.7 Å². The molecule has 2 rings (SSSR count). The predicted molar refractivity (Wildman–Crippen MR) is 77.5 cm³/mol. The van der Waals surface area contributed by atoms with Gasteiger partial charge in [-0.05, 0) is 43.7 Å². The molecule has 1 aromatic heterocycles. The van der Waals surface area contributed by atoms with Crippen LogP contribution in [0, 0.1) is 12.7 Å². The molecule has 0 saturated carbocycles. The summed E-state index contributed by atoms with van der Waals surface area (Å²) in [6, 6.07) is 6.53. The van der Waals surface area contributed by atoms with Gasteiger partial charge in [-0.15, -0.1) is 11.3 Å². The van der Waals surface area contributed by atoms with Crippen LogP contribution in [0.1, 0.15) is 24.1 Å². The Balaban J connectivity index is 2.21. The summed E-state index contributed by atoms with van der Waals surface area (Å²) in [4.78, 5) is 0. The third-order valence-corrected chi connectivity index (χ3v) is 4.23. The number of hydrogen-bond donors (Lipinski definition) is 1. The Morgan fingerprint density at radius 3 is 2.56 bits per heavy atom. The molecule has 1 aromatic carbocycles. The minimum atomic E-state index is -0.234. The quantitative estimate of drug-likeness (QED) is 0.769. The lowest BCUT2D eigenvalue weighted by Crippen LogP contribution is -2.07. The van der Waals surface area contributed by atoms with Crippen molar-refractivity contribution in [3.8, 4) is 0 Å². The molecule has 0 aliphatic carbocycles. The zero-order valence-corrected chi connectivity index (χ0v) is 12.3. The molecule has 96 valence electrons. The molecule has 1 unspecified atom stereocenters. The van der Waals surface area contributed by atoms with E-state index in [2.05, 4.69) is 5.32 Å². The van der Waals surface area contributed by atoms with Crippen LogP contribution in [0.25, 0.3) is 0 Å². The molecule has 1 nitrogen and oxygen atoms in total. The maximum atomic E-state index is 13.0. The molecule has 0 radical (unpaired) electrons. The van der Waals surface area contributed by atoms with E-state index >= 15 is 0 Å². The highest BCUT2D eigenvalue weighted by Crippen LogP contribution is 2.36. The SMILES string of the molecule is Cc1cc(F)ccc1NC(C)c1cc(Cl)sc1Cl. The number of thiophene rings is 1. The lowest BCUT2D eigenvalue weighted by Gasteiger charge is -2.16. The van der Waals surface area contributed by atoms with Gasteiger partial charge in [0, 0.05) is 11.3 Å². The summed E-state index contributed by atoms with van der Waals surface area (Å²) in [6.07, 6.45) is 0. The van der Waals surface area contributed by atoms with Gasteiger partial charge in [0.2, 0.25) is 0 Å². The van der Waals surface area contributed by atoms with E-state index in [1.807, 2.05) is 19.9 Å². The van der Waals surface area contributed by atoms with Crippen molar-refractivity contribution in [2.24, 2.45) is 0 Å². The number of benzene rings is 1. The normalized spacial score (nSPS) is 12.5. The molecule has 0 spiro atoms. The predicted octanol–water partition coefficient (Wildman–Crippen LogP) is 5.68. The molecule has 0 fully saturated rings. The highest BCUT2D eigenvalue weighted by Gasteiger charge is 2.14. The van der Waals surface area contributed by atoms with E-state index in [9.17, 15) is 4.39 Å². The minimum Gasteiger partial charge on any atom is -0.378 e. The molecule has 1 heterocycles. The Labute approximate surface area is 120 Å². The van der Waals surface area contributed by atoms with Crippen molar-refractivity contribution in [1.82, 2.24) is 0 Å². The van der Waals surface area contributed by atoms with Gasteiger partial charge in [-0.3, -0.25) is 0 Å². The van der Waals surface area contributed by atoms with Crippen LogP contribution in [0.15, 0.2) is 24.3 Å². The maximum Gasteiger partial charge on any atom is 0.123 e. The first-order chi connectivity index (χ1) is 8.47. The summed E-state index contributed by atoms with van der Waals surface area (Å²) < 4.78 is 14.4. The molecule has 1 atom stereocenters. The topological polar surface area (TPSA) is 12.0 Å². The summed E-state index contributed by atoms with van der Waals surface area (Å²) in [5.41, 5.74) is 2.71. The molecular formula is C13H12Cl2FNS. The molecular weight excluding hydrogens is 292 g/mol. The van der Waals surface area contributed by atoms with Gasteiger partial charge in [-0.2, -0.15) is 0 Å². The van der Waals surface area contributed by atoms with Gasteiger partial charge in [0.15, 0.2) is 0 Å². The summed E-state index contributed by atoms with van der Waals surface area (Å²) in [5, 5.41) is 3.30. The third kappa shape index (κ3) is 2.97. The summed E-state index contributed by atoms with van der Waals surface area (Å²) in [7, 11) is 0. The van der Waals surface area contributed by atoms with Crippen molar-refractivity contribution in [3.63, 3.8) is 0 Å². The first kappa shape index (κ1) is 13.7. The second-order valence-electron chi connectivity index (χ2n) is 4.10. The lowest BCUT2D eigenvalue weighted by molar-refractivity contribution is 0.626. The molecule has 1 N–H and O–H groups in total. The Kier molecular flexibility index (Phi) is 4.15. The van der Waals surface area contributed by atoms with Crippen molar-refractivity contribution < 1.29 is 4.39 Å². The molecule has 0 bridgehead atoms. The first-order valence-corrected chi connectivity index (χ1v) is 7.02. The fourth-order valence-corrected chi connectivity index (χ4v) is 3.39. The minimum absolute atomic E-state index is 0.0189. The van der Waals surface area contributed by atoms with Gasteiger partial charge >= 0.3 is 0 Å². The van der Waals surface area contributed by atoms with Crippen LogP contribution in [0.3, 0.4) is 0 Å². The van der Waals surface area contributed by atoms with Crippen LogP contribution in [0.5, 0.6) is 0 Å². The summed E-state index contributed by atoms with van der Waals surface area (Å²) in [6.45, 7) is 3.85. The van der Waals surface area contributed by atoms with Crippen molar-refractivity contribution in [3.05, 3.63) is 49.9 Å². The van der Waals surface area contributed by atoms with E-state index in [1.54, 1.807) is 6.07 Å². The van der Waals surface area contributed by atoms with Crippen LogP contribution in [-0.2, 0) is 0 Å². The second-order valence-corrected chi connectivity index (χ2v) is 6.39. The molecule has 18 heavy (non-hydrogen) atoms. The van der Waals surface area contributed by atoms with Gasteiger partial charge in [-0.25, -0.2) is 4.39 Å². The third-order valence-electron chi connectivity index (χ3n) is 2.71. The van der Waals surface area contributed by atoms with E-state index in [1.165, 1.54) is 23.5 Å². The van der Waals surface area contributed by atoms with Crippen LogP contribution >= 0.6 is 34.5 Å². The van der Waals surface area contributed by atoms with E-state index in [-0.39, 0.29) is 11.9 Å². The number of hydrogen-bond acceptors (Lipinski definition) is 2. The molecule has 0 amide bonds. The smallest absolute Gasteiger partial charge is 0.123 e. The molecule has 5 heteroatoms. The van der Waals surface area contributed by atoms with Crippen molar-refractivity contribution in [2.45, 2.75) is 19.9 Å². The number of halogens is 3. The molecule has 0 aliphatic heterocycles. The van der Waals surface area contributed by atoms with Gasteiger partial charge in [0.1, 0.15) is 5.82 Å². The Morgan fingerprint density at radius 2 is 2.00 bits per heavy atom. The van der Waals surface area contributed by atoms with E-state index in [4.69, 9.17) is 23.2 Å². The number of rotatable bonds is 3. The van der Waals surface area contributed by atoms with Gasteiger partial charge in [-0.1, -0.05) is 23.2 Å². The van der Waals surface area contributed by atoms with Gasteiger partial charge < -0.3 is 5.32 Å². The number of aryl methyl sites for hydroxylation is 1. The monoisotopic (exact) mass is 303 g/mol. The average molecular weight is 304 g/mol. The van der Waals surface area contributed by atoms with Crippen LogP contribution in [0.2, 0.25) is 8.67 Å². The highest BCUT2D eigenvalue weighted by molar-refractivity contribution is 7.20. The maximum absolute atomic E-state index is 13.0. The van der Waals surface area contributed by atoms with E-state index < -0.39 is 0 Å². The first-order valence-electron chi connectivity index (χ1n) is 5.45. The zero-order valence-electron chi connectivity index (χ0n) is 9.93. The highest BCUT2D eigenvalue weighted by atomic mass is 35.5. The fraction of sp³-hybridized carbons (Fsp3) is 0.231. The average Bonchev–Trinajstić information content (AvgIpc) is 2.62. The molecule has 0 aliphatic rings. The fourth-order valence-electron chi connectivity index (χ4n) is 1.75. The Morgan fingerprint density at radius 1 is 1.28 bits per heavy atom. The lowest BCUT2D eigenvalue weighted by atomic mass is 10.1. The summed E-state index contributed by atoms with van der Waals surface area (Å²) in [5.74, 6) is -0.234. The van der Waals surface area contributed by atoms with Crippen molar-refractivity contribution in [2.75, 3.05) is 5.32 Å². The van der Waals surface area contributed by atoms with Crippen LogP contribution < -0.4 is 5.32 Å². The van der Waals surface area contributed by atoms with Crippen LogP contribution in [-0.4, -0.2) is 0 Å². The Hall–Kier alpha value is -0.770. The molecule has 2 aromatic rings. The van der Waals surface area contributed by atoms with E-state index in [0.29, 0.717) is 8.67 Å². The largest absolute Gasteiger partial charge is 0.378 e. The van der Waals surface area contributed by atoms with Crippen molar-refractivity contribution in [1.29, 1.82) is 0 Å². The molecule has 0 saturated heterocycles. The zero-order chi connectivity index (χ0) is 13.3. The van der Waals surface area contributed by atoms with Crippen LogP contribution in [0.4, 0.5) is 10.1 Å². The van der Waals surface area contributed by atoms with E-state index in [0.717, 1.165) is 16.8 Å². The summed E-state index contributed by atoms with van der Waals surface area (Å²) >= 11 is 13.4. The number of nitrogens with one attached hydrogen (secondary N) is 1. The Bertz CT molecular complexity index is 568. The number of anilines is 1. The van der Waals surface area contributed by atoms with Gasteiger partial charge in [0.25, 0.3) is 0 Å². The van der Waals surface area contributed by atoms with Crippen molar-refractivity contribution >= 4 is 40.2 Å². The standard InChI is InChI=1S/C13H12Cl2FNS/c1-7-5-9(16)3-4-11(7)17-8(2)10-6-12(14)18-13(10)15/h3-6,8,17H,1-2H3. The second kappa shape index (κ2) is 5.47.